The zero-order valence-corrected chi connectivity index (χ0v) is 11.6. The first-order valence-corrected chi connectivity index (χ1v) is 6.26. The maximum Gasteiger partial charge on any atom is 0.337 e. The first-order chi connectivity index (χ1) is 9.97. The van der Waals surface area contributed by atoms with E-state index in [0.29, 0.717) is 17.2 Å². The van der Waals surface area contributed by atoms with Crippen LogP contribution in [0.4, 0.5) is 10.5 Å². The van der Waals surface area contributed by atoms with Gasteiger partial charge in [0, 0.05) is 0 Å². The van der Waals surface area contributed by atoms with Gasteiger partial charge in [0.15, 0.2) is 0 Å². The van der Waals surface area contributed by atoms with E-state index in [1.165, 1.54) is 6.07 Å². The Kier molecular flexibility index (Phi) is 4.22. The van der Waals surface area contributed by atoms with E-state index in [0.717, 1.165) is 0 Å². The summed E-state index contributed by atoms with van der Waals surface area (Å²) < 4.78 is 5.22. The molecule has 7 heteroatoms. The number of aromatic carboxylic acids is 1. The van der Waals surface area contributed by atoms with Gasteiger partial charge >= 0.3 is 12.0 Å². The molecule has 1 heterocycles. The minimum Gasteiger partial charge on any atom is -0.478 e. The number of para-hydroxylation sites is 1. The summed E-state index contributed by atoms with van der Waals surface area (Å²) in [6.07, 6.45) is 1.55. The normalized spacial score (nSPS) is 10.2. The molecule has 0 saturated carbocycles. The number of carboxylic acids is 1. The fourth-order valence-corrected chi connectivity index (χ4v) is 1.81. The van der Waals surface area contributed by atoms with Gasteiger partial charge in [0.2, 0.25) is 5.89 Å². The Bertz CT molecular complexity index is 679. The van der Waals surface area contributed by atoms with Crippen molar-refractivity contribution in [3.05, 3.63) is 47.2 Å². The van der Waals surface area contributed by atoms with Gasteiger partial charge in [-0.05, 0) is 25.5 Å². The Labute approximate surface area is 121 Å². The van der Waals surface area contributed by atoms with Crippen LogP contribution in [0.2, 0.25) is 0 Å². The Morgan fingerprint density at radius 3 is 2.71 bits per heavy atom. The molecule has 3 N–H and O–H groups in total. The topological polar surface area (TPSA) is 104 Å². The fourth-order valence-electron chi connectivity index (χ4n) is 1.81. The van der Waals surface area contributed by atoms with Crippen LogP contribution >= 0.6 is 0 Å². The number of carbonyl (C=O) groups excluding carboxylic acids is 1. The highest BCUT2D eigenvalue weighted by Gasteiger charge is 2.14. The van der Waals surface area contributed by atoms with Crippen molar-refractivity contribution in [1.82, 2.24) is 10.3 Å². The van der Waals surface area contributed by atoms with Gasteiger partial charge in [-0.1, -0.05) is 12.1 Å². The lowest BCUT2D eigenvalue weighted by atomic mass is 10.1. The van der Waals surface area contributed by atoms with Crippen molar-refractivity contribution < 1.29 is 19.1 Å². The second-order valence-electron chi connectivity index (χ2n) is 4.47. The van der Waals surface area contributed by atoms with E-state index in [1.807, 2.05) is 0 Å². The first-order valence-electron chi connectivity index (χ1n) is 6.26. The zero-order valence-electron chi connectivity index (χ0n) is 11.6. The number of oxazole rings is 1. The van der Waals surface area contributed by atoms with Crippen molar-refractivity contribution in [3.8, 4) is 0 Å². The lowest BCUT2D eigenvalue weighted by molar-refractivity contribution is 0.0698. The number of nitrogens with one attached hydrogen (secondary N) is 2. The zero-order chi connectivity index (χ0) is 15.4. The SMILES string of the molecule is Cc1cnc(CNC(=O)Nc2c(C)cccc2C(=O)O)o1. The summed E-state index contributed by atoms with van der Waals surface area (Å²) in [4.78, 5) is 26.9. The van der Waals surface area contributed by atoms with Crippen molar-refractivity contribution >= 4 is 17.7 Å². The molecule has 0 aliphatic heterocycles. The Balaban J connectivity index is 2.04. The maximum atomic E-state index is 11.8. The Hall–Kier alpha value is -2.83. The van der Waals surface area contributed by atoms with Crippen LogP contribution in [0.25, 0.3) is 0 Å². The number of carboxylic acid groups (broad SMARTS) is 1. The lowest BCUT2D eigenvalue weighted by Gasteiger charge is -2.11. The molecule has 2 amide bonds. The number of carbonyl (C=O) groups is 2. The molecule has 110 valence electrons. The Morgan fingerprint density at radius 2 is 2.10 bits per heavy atom. The standard InChI is InChI=1S/C14H15N3O4/c1-8-4-3-5-10(13(18)19)12(8)17-14(20)16-7-11-15-6-9(2)21-11/h3-6H,7H2,1-2H3,(H,18,19)(H2,16,17,20). The molecule has 0 atom stereocenters. The fraction of sp³-hybridized carbons (Fsp3) is 0.214. The third-order valence-electron chi connectivity index (χ3n) is 2.81. The molecule has 21 heavy (non-hydrogen) atoms. The van der Waals surface area contributed by atoms with Gasteiger partial charge in [0.25, 0.3) is 0 Å². The van der Waals surface area contributed by atoms with E-state index in [4.69, 9.17) is 9.52 Å². The molecule has 0 aliphatic rings. The number of aromatic nitrogens is 1. The van der Waals surface area contributed by atoms with Crippen molar-refractivity contribution in [2.24, 2.45) is 0 Å². The minimum atomic E-state index is -1.10. The average molecular weight is 289 g/mol. The van der Waals surface area contributed by atoms with Gasteiger partial charge in [-0.25, -0.2) is 14.6 Å². The first kappa shape index (κ1) is 14.6. The molecular formula is C14H15N3O4. The van der Waals surface area contributed by atoms with Gasteiger partial charge in [-0.3, -0.25) is 0 Å². The predicted octanol–water partition coefficient (Wildman–Crippen LogP) is 2.31. The molecule has 0 unspecified atom stereocenters. The number of hydrogen-bond donors (Lipinski definition) is 3. The molecule has 0 aliphatic carbocycles. The van der Waals surface area contributed by atoms with Crippen LogP contribution in [0.3, 0.4) is 0 Å². The van der Waals surface area contributed by atoms with E-state index in [1.54, 1.807) is 32.2 Å². The highest BCUT2D eigenvalue weighted by molar-refractivity contribution is 6.00. The number of aryl methyl sites for hydroxylation is 2. The molecule has 1 aromatic heterocycles. The number of nitrogens with zero attached hydrogens (tertiary/aromatic N) is 1. The maximum absolute atomic E-state index is 11.8. The molecule has 0 fully saturated rings. The highest BCUT2D eigenvalue weighted by atomic mass is 16.4. The third kappa shape index (κ3) is 3.59. The van der Waals surface area contributed by atoms with Crippen LogP contribution in [0, 0.1) is 13.8 Å². The molecule has 0 radical (unpaired) electrons. The summed E-state index contributed by atoms with van der Waals surface area (Å²) in [5, 5.41) is 14.2. The quantitative estimate of drug-likeness (QED) is 0.801. The van der Waals surface area contributed by atoms with E-state index < -0.39 is 12.0 Å². The van der Waals surface area contributed by atoms with Gasteiger partial charge in [0.1, 0.15) is 5.76 Å². The average Bonchev–Trinajstić information content (AvgIpc) is 2.84. The summed E-state index contributed by atoms with van der Waals surface area (Å²) in [6, 6.07) is 4.25. The van der Waals surface area contributed by atoms with E-state index >= 15 is 0 Å². The molecule has 2 rings (SSSR count). The van der Waals surface area contributed by atoms with Crippen molar-refractivity contribution in [2.45, 2.75) is 20.4 Å². The monoisotopic (exact) mass is 289 g/mol. The summed E-state index contributed by atoms with van der Waals surface area (Å²) in [5.74, 6) is -0.0671. The molecule has 0 bridgehead atoms. The summed E-state index contributed by atoms with van der Waals surface area (Å²) in [6.45, 7) is 3.59. The number of hydrogen-bond acceptors (Lipinski definition) is 4. The van der Waals surface area contributed by atoms with E-state index in [2.05, 4.69) is 15.6 Å². The van der Waals surface area contributed by atoms with Crippen molar-refractivity contribution in [2.75, 3.05) is 5.32 Å². The van der Waals surface area contributed by atoms with Gasteiger partial charge in [0.05, 0.1) is 24.0 Å². The highest BCUT2D eigenvalue weighted by Crippen LogP contribution is 2.20. The van der Waals surface area contributed by atoms with Crippen molar-refractivity contribution in [3.63, 3.8) is 0 Å². The molecular weight excluding hydrogens is 274 g/mol. The van der Waals surface area contributed by atoms with Gasteiger partial charge < -0.3 is 20.2 Å². The molecule has 2 aromatic rings. The molecule has 0 saturated heterocycles. The molecule has 1 aromatic carbocycles. The summed E-state index contributed by atoms with van der Waals surface area (Å²) >= 11 is 0. The third-order valence-corrected chi connectivity index (χ3v) is 2.81. The van der Waals surface area contributed by atoms with Crippen LogP contribution in [0.15, 0.2) is 28.8 Å². The number of benzene rings is 1. The second kappa shape index (κ2) is 6.08. The number of rotatable bonds is 4. The summed E-state index contributed by atoms with van der Waals surface area (Å²) in [5.41, 5.74) is 0.972. The Morgan fingerprint density at radius 1 is 1.33 bits per heavy atom. The number of anilines is 1. The largest absolute Gasteiger partial charge is 0.478 e. The lowest BCUT2D eigenvalue weighted by Crippen LogP contribution is -2.29. The van der Waals surface area contributed by atoms with E-state index in [-0.39, 0.29) is 17.8 Å². The predicted molar refractivity (Wildman–Crippen MR) is 75.2 cm³/mol. The van der Waals surface area contributed by atoms with Crippen LogP contribution in [0.5, 0.6) is 0 Å². The van der Waals surface area contributed by atoms with Crippen LogP contribution in [0.1, 0.15) is 27.6 Å². The number of urea groups is 1. The second-order valence-corrected chi connectivity index (χ2v) is 4.47. The van der Waals surface area contributed by atoms with Crippen LogP contribution in [-0.4, -0.2) is 22.1 Å². The van der Waals surface area contributed by atoms with Crippen LogP contribution < -0.4 is 10.6 Å². The summed E-state index contributed by atoms with van der Waals surface area (Å²) in [7, 11) is 0. The minimum absolute atomic E-state index is 0.0390. The van der Waals surface area contributed by atoms with Gasteiger partial charge in [-0.2, -0.15) is 0 Å². The van der Waals surface area contributed by atoms with Crippen molar-refractivity contribution in [1.29, 1.82) is 0 Å². The van der Waals surface area contributed by atoms with Gasteiger partial charge in [-0.15, -0.1) is 0 Å². The van der Waals surface area contributed by atoms with E-state index in [9.17, 15) is 9.59 Å². The molecule has 7 nitrogen and oxygen atoms in total. The molecule has 0 spiro atoms. The smallest absolute Gasteiger partial charge is 0.337 e. The van der Waals surface area contributed by atoms with Crippen LogP contribution in [-0.2, 0) is 6.54 Å². The number of amides is 2.